The fraction of sp³-hybridized carbons (Fsp3) is 0.750. The van der Waals surface area contributed by atoms with Crippen LogP contribution in [0.3, 0.4) is 0 Å². The van der Waals surface area contributed by atoms with Gasteiger partial charge >= 0.3 is 0 Å². The summed E-state index contributed by atoms with van der Waals surface area (Å²) in [6, 6.07) is 1.98. The molecule has 0 spiro atoms. The van der Waals surface area contributed by atoms with Gasteiger partial charge in [-0.1, -0.05) is 0 Å². The first-order chi connectivity index (χ1) is 10.0. The van der Waals surface area contributed by atoms with Crippen LogP contribution in [0, 0.1) is 0 Å². The highest BCUT2D eigenvalue weighted by Crippen LogP contribution is 2.13. The lowest BCUT2D eigenvalue weighted by Gasteiger charge is -2.20. The molecule has 0 aliphatic carbocycles. The highest BCUT2D eigenvalue weighted by molar-refractivity contribution is 5.16. The quantitative estimate of drug-likeness (QED) is 0.637. The predicted molar refractivity (Wildman–Crippen MR) is 82.3 cm³/mol. The zero-order chi connectivity index (χ0) is 15.6. The monoisotopic (exact) mass is 299 g/mol. The molecule has 0 fully saturated rings. The molecule has 0 radical (unpaired) electrons. The zero-order valence-corrected chi connectivity index (χ0v) is 13.7. The summed E-state index contributed by atoms with van der Waals surface area (Å²) in [5.41, 5.74) is 1.23. The van der Waals surface area contributed by atoms with Crippen LogP contribution in [0.1, 0.15) is 38.5 Å². The zero-order valence-electron chi connectivity index (χ0n) is 13.7. The van der Waals surface area contributed by atoms with Crippen LogP contribution in [-0.4, -0.2) is 39.1 Å². The number of methoxy groups -OCH3 is 1. The van der Waals surface area contributed by atoms with E-state index in [0.717, 1.165) is 30.9 Å². The van der Waals surface area contributed by atoms with Gasteiger partial charge in [0.05, 0.1) is 19.5 Å². The Morgan fingerprint density at radius 2 is 1.86 bits per heavy atom. The third-order valence-corrected chi connectivity index (χ3v) is 2.89. The Balaban J connectivity index is 2.14. The summed E-state index contributed by atoms with van der Waals surface area (Å²) < 4.78 is 21.4. The summed E-state index contributed by atoms with van der Waals surface area (Å²) in [5, 5.41) is 3.44. The summed E-state index contributed by atoms with van der Waals surface area (Å²) in [7, 11) is 1.69. The Bertz CT molecular complexity index is 371. The van der Waals surface area contributed by atoms with E-state index in [1.165, 1.54) is 0 Å². The highest BCUT2D eigenvalue weighted by Gasteiger charge is 2.12. The lowest BCUT2D eigenvalue weighted by atomic mass is 10.1. The topological polar surface area (TPSA) is 52.9 Å². The molecule has 0 aromatic carbocycles. The third-order valence-electron chi connectivity index (χ3n) is 2.89. The fourth-order valence-electron chi connectivity index (χ4n) is 1.70. The average molecular weight is 299 g/mol. The molecule has 1 heterocycles. The molecular formula is C16H29NO4. The van der Waals surface area contributed by atoms with Gasteiger partial charge in [-0.05, 0) is 33.3 Å². The number of nitrogens with one attached hydrogen (secondary N) is 1. The van der Waals surface area contributed by atoms with Crippen molar-refractivity contribution < 1.29 is 18.6 Å². The largest absolute Gasteiger partial charge is 0.467 e. The predicted octanol–water partition coefficient (Wildman–Crippen LogP) is 2.74. The first kappa shape index (κ1) is 18.2. The molecular weight excluding hydrogens is 270 g/mol. The first-order valence-electron chi connectivity index (χ1n) is 7.47. The van der Waals surface area contributed by atoms with E-state index in [9.17, 15) is 0 Å². The van der Waals surface area contributed by atoms with Gasteiger partial charge in [0, 0.05) is 38.0 Å². The Kier molecular flexibility index (Phi) is 8.61. The van der Waals surface area contributed by atoms with Gasteiger partial charge < -0.3 is 23.9 Å². The minimum atomic E-state index is 0.0887. The molecule has 0 amide bonds. The van der Waals surface area contributed by atoms with Gasteiger partial charge in [0.25, 0.3) is 0 Å². The van der Waals surface area contributed by atoms with E-state index < -0.39 is 0 Å². The Labute approximate surface area is 127 Å². The molecule has 5 nitrogen and oxygen atoms in total. The van der Waals surface area contributed by atoms with Crippen molar-refractivity contribution in [2.75, 3.05) is 33.5 Å². The van der Waals surface area contributed by atoms with Gasteiger partial charge in [-0.15, -0.1) is 0 Å². The van der Waals surface area contributed by atoms with Crippen molar-refractivity contribution in [3.8, 4) is 0 Å². The molecule has 1 rings (SSSR count). The molecule has 21 heavy (non-hydrogen) atoms. The van der Waals surface area contributed by atoms with Gasteiger partial charge in [0.1, 0.15) is 12.4 Å². The maximum atomic E-state index is 5.58. The molecule has 1 aromatic heterocycles. The van der Waals surface area contributed by atoms with Gasteiger partial charge in [-0.3, -0.25) is 0 Å². The van der Waals surface area contributed by atoms with Crippen LogP contribution in [0.5, 0.6) is 0 Å². The molecule has 5 heteroatoms. The second kappa shape index (κ2) is 9.95. The van der Waals surface area contributed by atoms with Gasteiger partial charge in [0.15, 0.2) is 0 Å². The number of hydrogen-bond acceptors (Lipinski definition) is 5. The van der Waals surface area contributed by atoms with Crippen molar-refractivity contribution >= 4 is 0 Å². The van der Waals surface area contributed by atoms with E-state index in [4.69, 9.17) is 18.6 Å². The molecule has 0 bridgehead atoms. The molecule has 0 saturated carbocycles. The Hall–Kier alpha value is -0.880. The Morgan fingerprint density at radius 3 is 2.57 bits per heavy atom. The van der Waals surface area contributed by atoms with E-state index in [0.29, 0.717) is 26.4 Å². The van der Waals surface area contributed by atoms with Crippen LogP contribution in [-0.2, 0) is 27.4 Å². The summed E-state index contributed by atoms with van der Waals surface area (Å²) in [5.74, 6) is 0.881. The summed E-state index contributed by atoms with van der Waals surface area (Å²) in [6.45, 7) is 10.3. The second-order valence-corrected chi connectivity index (χ2v) is 5.98. The maximum Gasteiger partial charge on any atom is 0.133 e. The molecule has 0 atom stereocenters. The van der Waals surface area contributed by atoms with Crippen molar-refractivity contribution in [1.82, 2.24) is 5.32 Å². The van der Waals surface area contributed by atoms with Crippen molar-refractivity contribution in [1.29, 1.82) is 0 Å². The molecule has 1 aromatic rings. The van der Waals surface area contributed by atoms with Crippen LogP contribution in [0.15, 0.2) is 16.7 Å². The lowest BCUT2D eigenvalue weighted by Crippen LogP contribution is -2.35. The molecule has 0 aliphatic heterocycles. The van der Waals surface area contributed by atoms with Gasteiger partial charge in [-0.2, -0.15) is 0 Å². The minimum absolute atomic E-state index is 0.0887. The van der Waals surface area contributed by atoms with E-state index in [1.54, 1.807) is 13.4 Å². The van der Waals surface area contributed by atoms with Crippen LogP contribution in [0.2, 0.25) is 0 Å². The number of rotatable bonds is 11. The van der Waals surface area contributed by atoms with Crippen molar-refractivity contribution in [3.63, 3.8) is 0 Å². The van der Waals surface area contributed by atoms with Crippen molar-refractivity contribution in [2.45, 2.75) is 45.9 Å². The highest BCUT2D eigenvalue weighted by atomic mass is 16.5. The molecule has 0 saturated heterocycles. The minimum Gasteiger partial charge on any atom is -0.467 e. The summed E-state index contributed by atoms with van der Waals surface area (Å²) in [6.07, 6.45) is 2.62. The first-order valence-corrected chi connectivity index (χ1v) is 7.47. The van der Waals surface area contributed by atoms with Crippen LogP contribution in [0.4, 0.5) is 0 Å². The number of ether oxygens (including phenoxy) is 3. The van der Waals surface area contributed by atoms with Gasteiger partial charge in [-0.25, -0.2) is 0 Å². The van der Waals surface area contributed by atoms with E-state index >= 15 is 0 Å². The van der Waals surface area contributed by atoms with E-state index in [2.05, 4.69) is 26.1 Å². The van der Waals surface area contributed by atoms with E-state index in [-0.39, 0.29) is 5.54 Å². The number of hydrogen-bond donors (Lipinski definition) is 1. The molecule has 0 aliphatic rings. The maximum absolute atomic E-state index is 5.58. The van der Waals surface area contributed by atoms with Crippen molar-refractivity contribution in [2.24, 2.45) is 0 Å². The SMILES string of the molecule is COCCCOCCOCc1occc1CNC(C)(C)C. The fourth-order valence-corrected chi connectivity index (χ4v) is 1.70. The second-order valence-electron chi connectivity index (χ2n) is 5.98. The molecule has 122 valence electrons. The van der Waals surface area contributed by atoms with Crippen LogP contribution < -0.4 is 5.32 Å². The Morgan fingerprint density at radius 1 is 1.10 bits per heavy atom. The molecule has 1 N–H and O–H groups in total. The summed E-state index contributed by atoms with van der Waals surface area (Å²) >= 11 is 0. The van der Waals surface area contributed by atoms with Crippen LogP contribution >= 0.6 is 0 Å². The average Bonchev–Trinajstić information content (AvgIpc) is 2.86. The van der Waals surface area contributed by atoms with Crippen LogP contribution in [0.25, 0.3) is 0 Å². The standard InChI is InChI=1S/C16H29NO4/c1-16(2,3)17-12-14-6-9-21-15(14)13-20-11-10-19-8-5-7-18-4/h6,9,17H,5,7-8,10-13H2,1-4H3. The van der Waals surface area contributed by atoms with Gasteiger partial charge in [0.2, 0.25) is 0 Å². The molecule has 0 unspecified atom stereocenters. The van der Waals surface area contributed by atoms with E-state index in [1.807, 2.05) is 6.07 Å². The smallest absolute Gasteiger partial charge is 0.133 e. The van der Waals surface area contributed by atoms with Crippen molar-refractivity contribution in [3.05, 3.63) is 23.7 Å². The summed E-state index contributed by atoms with van der Waals surface area (Å²) in [4.78, 5) is 0. The third kappa shape index (κ3) is 8.88. The lowest BCUT2D eigenvalue weighted by molar-refractivity contribution is 0.0283. The normalized spacial score (nSPS) is 12.0. The number of furan rings is 1.